The van der Waals surface area contributed by atoms with E-state index in [1.165, 1.54) is 5.56 Å². The fourth-order valence-electron chi connectivity index (χ4n) is 4.14. The molecule has 1 aromatic heterocycles. The third kappa shape index (κ3) is 4.99. The number of hydrogen-bond acceptors (Lipinski definition) is 6. The summed E-state index contributed by atoms with van der Waals surface area (Å²) in [6.07, 6.45) is 0. The van der Waals surface area contributed by atoms with Crippen LogP contribution < -0.4 is 15.4 Å². The van der Waals surface area contributed by atoms with Crippen molar-refractivity contribution in [2.24, 2.45) is 0 Å². The maximum Gasteiger partial charge on any atom is 0.255 e. The molecule has 7 nitrogen and oxygen atoms in total. The minimum absolute atomic E-state index is 0.199. The summed E-state index contributed by atoms with van der Waals surface area (Å²) in [5.41, 5.74) is 5.33. The summed E-state index contributed by atoms with van der Waals surface area (Å²) in [5.74, 6) is 1.91. The topological polar surface area (TPSA) is 81.1 Å². The van der Waals surface area contributed by atoms with Crippen LogP contribution in [0, 0.1) is 6.92 Å². The maximum atomic E-state index is 13.6. The zero-order chi connectivity index (χ0) is 25.1. The van der Waals surface area contributed by atoms with Gasteiger partial charge in [0.15, 0.2) is 0 Å². The molecule has 36 heavy (non-hydrogen) atoms. The van der Waals surface area contributed by atoms with Gasteiger partial charge in [-0.3, -0.25) is 4.79 Å². The van der Waals surface area contributed by atoms with E-state index < -0.39 is 6.04 Å². The number of anilines is 2. The molecule has 1 unspecified atom stereocenters. The Morgan fingerprint density at radius 1 is 1.03 bits per heavy atom. The van der Waals surface area contributed by atoms with E-state index in [9.17, 15) is 4.79 Å². The highest BCUT2D eigenvalue weighted by atomic mass is 32.2. The SMILES string of the molecule is COc1ccc(NC(=O)C2=C(C)Nc3nc(SCc4ccccc4)nn3C2c2ccc(C)cc2)cc1. The van der Waals surface area contributed by atoms with Gasteiger partial charge in [0.2, 0.25) is 11.1 Å². The van der Waals surface area contributed by atoms with Crippen LogP contribution in [-0.4, -0.2) is 27.8 Å². The molecule has 5 rings (SSSR count). The number of benzene rings is 3. The van der Waals surface area contributed by atoms with E-state index >= 15 is 0 Å². The van der Waals surface area contributed by atoms with Crippen molar-refractivity contribution in [3.8, 4) is 5.75 Å². The number of ether oxygens (including phenoxy) is 1. The van der Waals surface area contributed by atoms with Crippen molar-refractivity contribution in [1.29, 1.82) is 0 Å². The van der Waals surface area contributed by atoms with Crippen LogP contribution >= 0.6 is 11.8 Å². The normalized spacial score (nSPS) is 14.7. The Morgan fingerprint density at radius 2 is 1.75 bits per heavy atom. The van der Waals surface area contributed by atoms with Crippen molar-refractivity contribution < 1.29 is 9.53 Å². The van der Waals surface area contributed by atoms with Crippen molar-refractivity contribution in [3.63, 3.8) is 0 Å². The maximum absolute atomic E-state index is 13.6. The zero-order valence-corrected chi connectivity index (χ0v) is 21.2. The van der Waals surface area contributed by atoms with Gasteiger partial charge in [-0.1, -0.05) is 71.9 Å². The van der Waals surface area contributed by atoms with E-state index in [2.05, 4.69) is 22.8 Å². The van der Waals surface area contributed by atoms with Crippen LogP contribution in [0.3, 0.4) is 0 Å². The minimum Gasteiger partial charge on any atom is -0.497 e. The zero-order valence-electron chi connectivity index (χ0n) is 20.4. The minimum atomic E-state index is -0.418. The van der Waals surface area contributed by atoms with Crippen molar-refractivity contribution in [2.45, 2.75) is 30.8 Å². The summed E-state index contributed by atoms with van der Waals surface area (Å²) in [7, 11) is 1.61. The van der Waals surface area contributed by atoms with Crippen molar-refractivity contribution in [2.75, 3.05) is 17.7 Å². The molecule has 0 aliphatic carbocycles. The third-order valence-corrected chi connectivity index (χ3v) is 6.94. The molecule has 1 aliphatic heterocycles. The molecule has 0 radical (unpaired) electrons. The molecule has 8 heteroatoms. The Kier molecular flexibility index (Phi) is 6.77. The molecule has 3 aromatic carbocycles. The van der Waals surface area contributed by atoms with Gasteiger partial charge in [-0.05, 0) is 49.2 Å². The van der Waals surface area contributed by atoms with Gasteiger partial charge in [0.25, 0.3) is 5.91 Å². The Labute approximate surface area is 214 Å². The largest absolute Gasteiger partial charge is 0.497 e. The highest BCUT2D eigenvalue weighted by molar-refractivity contribution is 7.98. The highest BCUT2D eigenvalue weighted by Crippen LogP contribution is 2.37. The number of fused-ring (bicyclic) bond motifs is 1. The van der Waals surface area contributed by atoms with Crippen molar-refractivity contribution >= 4 is 29.3 Å². The molecule has 182 valence electrons. The lowest BCUT2D eigenvalue weighted by Crippen LogP contribution is -2.31. The summed E-state index contributed by atoms with van der Waals surface area (Å²) in [5, 5.41) is 11.8. The lowest BCUT2D eigenvalue weighted by atomic mass is 9.94. The van der Waals surface area contributed by atoms with Crippen LogP contribution in [0.2, 0.25) is 0 Å². The number of carbonyl (C=O) groups is 1. The van der Waals surface area contributed by atoms with E-state index in [-0.39, 0.29) is 5.91 Å². The van der Waals surface area contributed by atoms with Gasteiger partial charge in [0.05, 0.1) is 12.7 Å². The first-order valence-electron chi connectivity index (χ1n) is 11.6. The van der Waals surface area contributed by atoms with Gasteiger partial charge in [-0.15, -0.1) is 5.10 Å². The number of nitrogens with zero attached hydrogens (tertiary/aromatic N) is 3. The van der Waals surface area contributed by atoms with Gasteiger partial charge in [0, 0.05) is 17.1 Å². The molecular formula is C28H27N5O2S. The molecule has 2 N–H and O–H groups in total. The predicted molar refractivity (Wildman–Crippen MR) is 143 cm³/mol. The van der Waals surface area contributed by atoms with Crippen LogP contribution in [0.4, 0.5) is 11.6 Å². The molecular weight excluding hydrogens is 470 g/mol. The van der Waals surface area contributed by atoms with E-state index in [0.717, 1.165) is 28.3 Å². The number of allylic oxidation sites excluding steroid dienone is 1. The number of rotatable bonds is 7. The number of amides is 1. The first-order valence-corrected chi connectivity index (χ1v) is 12.6. The molecule has 0 saturated carbocycles. The fraction of sp³-hybridized carbons (Fsp3) is 0.179. The Morgan fingerprint density at radius 3 is 2.44 bits per heavy atom. The molecule has 0 spiro atoms. The summed E-state index contributed by atoms with van der Waals surface area (Å²) >= 11 is 1.57. The van der Waals surface area contributed by atoms with Crippen LogP contribution in [0.25, 0.3) is 0 Å². The molecule has 4 aromatic rings. The molecule has 0 fully saturated rings. The second kappa shape index (κ2) is 10.3. The van der Waals surface area contributed by atoms with E-state index in [0.29, 0.717) is 22.4 Å². The first-order chi connectivity index (χ1) is 17.5. The Balaban J connectivity index is 1.47. The molecule has 1 atom stereocenters. The van der Waals surface area contributed by atoms with Crippen molar-refractivity contribution in [1.82, 2.24) is 14.8 Å². The van der Waals surface area contributed by atoms with E-state index in [4.69, 9.17) is 14.8 Å². The van der Waals surface area contributed by atoms with Gasteiger partial charge < -0.3 is 15.4 Å². The molecule has 1 amide bonds. The lowest BCUT2D eigenvalue weighted by molar-refractivity contribution is -0.113. The second-order valence-corrected chi connectivity index (χ2v) is 9.54. The molecule has 0 saturated heterocycles. The van der Waals surface area contributed by atoms with E-state index in [1.54, 1.807) is 18.9 Å². The average molecular weight is 498 g/mol. The predicted octanol–water partition coefficient (Wildman–Crippen LogP) is 5.82. The summed E-state index contributed by atoms with van der Waals surface area (Å²) in [6, 6.07) is 25.3. The van der Waals surface area contributed by atoms with Gasteiger partial charge >= 0.3 is 0 Å². The third-order valence-electron chi connectivity index (χ3n) is 6.03. The fourth-order valence-corrected chi connectivity index (χ4v) is 4.92. The highest BCUT2D eigenvalue weighted by Gasteiger charge is 2.34. The number of aromatic nitrogens is 3. The van der Waals surface area contributed by atoms with Gasteiger partial charge in [0.1, 0.15) is 11.8 Å². The van der Waals surface area contributed by atoms with Crippen LogP contribution in [0.5, 0.6) is 5.75 Å². The molecule has 2 heterocycles. The molecule has 0 bridgehead atoms. The number of hydrogen-bond donors (Lipinski definition) is 2. The number of nitrogens with one attached hydrogen (secondary N) is 2. The standard InChI is InChI=1S/C28H27N5O2S/c1-18-9-11-21(12-10-18)25-24(26(34)30-22-13-15-23(35-3)16-14-22)19(2)29-27-31-28(32-33(25)27)36-17-20-7-5-4-6-8-20/h4-16,25H,17H2,1-3H3,(H,30,34)(H,29,31,32). The Hall–Kier alpha value is -4.04. The van der Waals surface area contributed by atoms with Gasteiger partial charge in [-0.2, -0.15) is 4.98 Å². The number of thioether (sulfide) groups is 1. The Bertz CT molecular complexity index is 1400. The van der Waals surface area contributed by atoms with E-state index in [1.807, 2.05) is 85.3 Å². The first kappa shape index (κ1) is 23.7. The number of methoxy groups -OCH3 is 1. The number of carbonyl (C=O) groups excluding carboxylic acids is 1. The smallest absolute Gasteiger partial charge is 0.255 e. The quantitative estimate of drug-likeness (QED) is 0.314. The average Bonchev–Trinajstić information content (AvgIpc) is 3.30. The van der Waals surface area contributed by atoms with Crippen LogP contribution in [0.15, 0.2) is 95.3 Å². The summed E-state index contributed by atoms with van der Waals surface area (Å²) in [6.45, 7) is 3.95. The molecule has 1 aliphatic rings. The van der Waals surface area contributed by atoms with Crippen LogP contribution in [0.1, 0.15) is 29.7 Å². The van der Waals surface area contributed by atoms with Crippen LogP contribution in [-0.2, 0) is 10.5 Å². The lowest BCUT2D eigenvalue weighted by Gasteiger charge is -2.28. The van der Waals surface area contributed by atoms with Crippen molar-refractivity contribution in [3.05, 3.63) is 107 Å². The number of aryl methyl sites for hydroxylation is 1. The second-order valence-electron chi connectivity index (χ2n) is 8.60. The van der Waals surface area contributed by atoms with Gasteiger partial charge in [-0.25, -0.2) is 4.68 Å². The monoisotopic (exact) mass is 497 g/mol. The summed E-state index contributed by atoms with van der Waals surface area (Å²) in [4.78, 5) is 18.3. The summed E-state index contributed by atoms with van der Waals surface area (Å²) < 4.78 is 7.04.